The van der Waals surface area contributed by atoms with Crippen LogP contribution in [0, 0.1) is 0 Å². The highest BCUT2D eigenvalue weighted by Crippen LogP contribution is 2.14. The Morgan fingerprint density at radius 1 is 1.44 bits per heavy atom. The fraction of sp³-hybridized carbons (Fsp3) is 0.333. The number of anilines is 1. The summed E-state index contributed by atoms with van der Waals surface area (Å²) >= 11 is 0. The Balaban J connectivity index is 2.69. The number of amidine groups is 1. The molecule has 18 heavy (non-hydrogen) atoms. The number of para-hydroxylation sites is 1. The van der Waals surface area contributed by atoms with E-state index in [2.05, 4.69) is 15.8 Å². The van der Waals surface area contributed by atoms with E-state index in [0.717, 1.165) is 12.8 Å². The quantitative estimate of drug-likeness (QED) is 0.210. The van der Waals surface area contributed by atoms with Crippen molar-refractivity contribution in [2.45, 2.75) is 19.8 Å². The van der Waals surface area contributed by atoms with Crippen molar-refractivity contribution in [2.24, 2.45) is 10.9 Å². The van der Waals surface area contributed by atoms with Crippen LogP contribution in [0.25, 0.3) is 0 Å². The number of amides is 2. The van der Waals surface area contributed by atoms with Gasteiger partial charge in [0.2, 0.25) is 0 Å². The Kier molecular flexibility index (Phi) is 5.50. The molecule has 6 nitrogen and oxygen atoms in total. The number of nitrogens with zero attached hydrogens (tertiary/aromatic N) is 1. The zero-order valence-electron chi connectivity index (χ0n) is 10.3. The summed E-state index contributed by atoms with van der Waals surface area (Å²) < 4.78 is 0. The van der Waals surface area contributed by atoms with Crippen molar-refractivity contribution in [3.05, 3.63) is 29.8 Å². The number of benzene rings is 1. The molecule has 1 aromatic carbocycles. The zero-order valence-corrected chi connectivity index (χ0v) is 10.3. The van der Waals surface area contributed by atoms with Crippen molar-refractivity contribution in [3.8, 4) is 0 Å². The molecule has 0 aliphatic heterocycles. The summed E-state index contributed by atoms with van der Waals surface area (Å²) in [6.07, 6.45) is 1.94. The van der Waals surface area contributed by atoms with E-state index in [1.807, 2.05) is 6.92 Å². The standard InChI is InChI=1S/C12H18N4O2/c1-2-3-8-14-12(17)15-10-7-5-4-6-9(10)11(13)16-18/h4-7,18H,2-3,8H2,1H3,(H2,13,16)(H2,14,15,17). The van der Waals surface area contributed by atoms with E-state index in [1.165, 1.54) is 0 Å². The van der Waals surface area contributed by atoms with Gasteiger partial charge in [-0.3, -0.25) is 0 Å². The van der Waals surface area contributed by atoms with Crippen molar-refractivity contribution in [1.82, 2.24) is 5.32 Å². The Labute approximate surface area is 106 Å². The van der Waals surface area contributed by atoms with E-state index in [0.29, 0.717) is 17.8 Å². The van der Waals surface area contributed by atoms with Crippen LogP contribution in [0.1, 0.15) is 25.3 Å². The van der Waals surface area contributed by atoms with E-state index in [9.17, 15) is 4.79 Å². The summed E-state index contributed by atoms with van der Waals surface area (Å²) in [5.41, 5.74) is 6.50. The van der Waals surface area contributed by atoms with E-state index >= 15 is 0 Å². The molecule has 0 spiro atoms. The third kappa shape index (κ3) is 3.97. The van der Waals surface area contributed by atoms with Crippen molar-refractivity contribution in [1.29, 1.82) is 0 Å². The molecule has 5 N–H and O–H groups in total. The second-order valence-corrected chi connectivity index (χ2v) is 3.77. The number of unbranched alkanes of at least 4 members (excludes halogenated alkanes) is 1. The lowest BCUT2D eigenvalue weighted by Crippen LogP contribution is -2.30. The first kappa shape index (κ1) is 13.8. The minimum atomic E-state index is -0.304. The second kappa shape index (κ2) is 7.16. The molecule has 6 heteroatoms. The van der Waals surface area contributed by atoms with E-state index < -0.39 is 0 Å². The van der Waals surface area contributed by atoms with Crippen LogP contribution in [0.2, 0.25) is 0 Å². The van der Waals surface area contributed by atoms with Crippen molar-refractivity contribution < 1.29 is 10.0 Å². The number of hydrogen-bond donors (Lipinski definition) is 4. The first-order chi connectivity index (χ1) is 8.69. The van der Waals surface area contributed by atoms with Crippen LogP contribution in [0.4, 0.5) is 10.5 Å². The second-order valence-electron chi connectivity index (χ2n) is 3.77. The van der Waals surface area contributed by atoms with Crippen LogP contribution in [0.15, 0.2) is 29.4 Å². The highest BCUT2D eigenvalue weighted by Gasteiger charge is 2.08. The molecule has 0 heterocycles. The van der Waals surface area contributed by atoms with Gasteiger partial charge in [0.15, 0.2) is 5.84 Å². The SMILES string of the molecule is CCCCNC(=O)Nc1ccccc1/C(N)=N/O. The smallest absolute Gasteiger partial charge is 0.319 e. The van der Waals surface area contributed by atoms with Gasteiger partial charge >= 0.3 is 6.03 Å². The maximum atomic E-state index is 11.6. The molecule has 0 aliphatic rings. The molecule has 0 fully saturated rings. The Morgan fingerprint density at radius 2 is 2.17 bits per heavy atom. The number of urea groups is 1. The minimum absolute atomic E-state index is 0.0422. The van der Waals surface area contributed by atoms with Crippen LogP contribution in [0.5, 0.6) is 0 Å². The minimum Gasteiger partial charge on any atom is -0.409 e. The number of carbonyl (C=O) groups excluding carboxylic acids is 1. The van der Waals surface area contributed by atoms with Gasteiger partial charge in [-0.05, 0) is 18.6 Å². The predicted octanol–water partition coefficient (Wildman–Crippen LogP) is 1.70. The van der Waals surface area contributed by atoms with Gasteiger partial charge in [-0.25, -0.2) is 4.79 Å². The lowest BCUT2D eigenvalue weighted by Gasteiger charge is -2.10. The normalized spacial score (nSPS) is 11.1. The molecule has 1 aromatic rings. The van der Waals surface area contributed by atoms with E-state index in [4.69, 9.17) is 10.9 Å². The van der Waals surface area contributed by atoms with Gasteiger partial charge in [0.25, 0.3) is 0 Å². The number of carbonyl (C=O) groups is 1. The third-order valence-electron chi connectivity index (χ3n) is 2.37. The predicted molar refractivity (Wildman–Crippen MR) is 70.9 cm³/mol. The fourth-order valence-electron chi connectivity index (χ4n) is 1.41. The lowest BCUT2D eigenvalue weighted by atomic mass is 10.1. The Morgan fingerprint density at radius 3 is 2.83 bits per heavy atom. The van der Waals surface area contributed by atoms with Gasteiger partial charge in [-0.1, -0.05) is 30.6 Å². The van der Waals surface area contributed by atoms with Gasteiger partial charge in [-0.2, -0.15) is 0 Å². The first-order valence-electron chi connectivity index (χ1n) is 5.80. The van der Waals surface area contributed by atoms with Crippen LogP contribution in [0.3, 0.4) is 0 Å². The van der Waals surface area contributed by atoms with E-state index in [-0.39, 0.29) is 11.9 Å². The monoisotopic (exact) mass is 250 g/mol. The lowest BCUT2D eigenvalue weighted by molar-refractivity contribution is 0.252. The van der Waals surface area contributed by atoms with Gasteiger partial charge in [-0.15, -0.1) is 0 Å². The molecule has 0 saturated carbocycles. The average molecular weight is 250 g/mol. The highest BCUT2D eigenvalue weighted by molar-refractivity contribution is 6.05. The maximum absolute atomic E-state index is 11.6. The van der Waals surface area contributed by atoms with Crippen LogP contribution >= 0.6 is 0 Å². The molecule has 0 atom stereocenters. The van der Waals surface area contributed by atoms with Crippen molar-refractivity contribution >= 4 is 17.6 Å². The first-order valence-corrected chi connectivity index (χ1v) is 5.80. The Hall–Kier alpha value is -2.24. The number of hydrogen-bond acceptors (Lipinski definition) is 3. The van der Waals surface area contributed by atoms with Crippen LogP contribution in [-0.2, 0) is 0 Å². The van der Waals surface area contributed by atoms with Gasteiger partial charge in [0, 0.05) is 12.1 Å². The molecule has 0 bridgehead atoms. The van der Waals surface area contributed by atoms with Gasteiger partial charge in [0.05, 0.1) is 5.69 Å². The molecular formula is C12H18N4O2. The van der Waals surface area contributed by atoms with Crippen molar-refractivity contribution in [2.75, 3.05) is 11.9 Å². The zero-order chi connectivity index (χ0) is 13.4. The molecule has 0 aromatic heterocycles. The molecular weight excluding hydrogens is 232 g/mol. The molecule has 0 saturated heterocycles. The summed E-state index contributed by atoms with van der Waals surface area (Å²) in [4.78, 5) is 11.6. The van der Waals surface area contributed by atoms with Gasteiger partial charge < -0.3 is 21.6 Å². The van der Waals surface area contributed by atoms with Crippen molar-refractivity contribution in [3.63, 3.8) is 0 Å². The summed E-state index contributed by atoms with van der Waals surface area (Å²) in [5.74, 6) is -0.0422. The number of oxime groups is 1. The summed E-state index contributed by atoms with van der Waals surface area (Å²) in [6, 6.07) is 6.55. The van der Waals surface area contributed by atoms with E-state index in [1.54, 1.807) is 24.3 Å². The topological polar surface area (TPSA) is 99.7 Å². The maximum Gasteiger partial charge on any atom is 0.319 e. The Bertz CT molecular complexity index is 432. The third-order valence-corrected chi connectivity index (χ3v) is 2.37. The molecule has 0 aliphatic carbocycles. The van der Waals surface area contributed by atoms with Crippen LogP contribution in [-0.4, -0.2) is 23.6 Å². The van der Waals surface area contributed by atoms with Gasteiger partial charge in [0.1, 0.15) is 0 Å². The highest BCUT2D eigenvalue weighted by atomic mass is 16.4. The number of nitrogens with two attached hydrogens (primary N) is 1. The average Bonchev–Trinajstić information content (AvgIpc) is 2.39. The number of rotatable bonds is 5. The molecule has 98 valence electrons. The number of nitrogens with one attached hydrogen (secondary N) is 2. The summed E-state index contributed by atoms with van der Waals surface area (Å²) in [7, 11) is 0. The molecule has 1 rings (SSSR count). The summed E-state index contributed by atoms with van der Waals surface area (Å²) in [5, 5.41) is 17.0. The molecule has 0 unspecified atom stereocenters. The largest absolute Gasteiger partial charge is 0.409 e. The fourth-order valence-corrected chi connectivity index (χ4v) is 1.41. The molecule has 2 amide bonds. The summed E-state index contributed by atoms with van der Waals surface area (Å²) in [6.45, 7) is 2.67. The molecule has 0 radical (unpaired) electrons. The van der Waals surface area contributed by atoms with Crippen LogP contribution < -0.4 is 16.4 Å².